The van der Waals surface area contributed by atoms with Gasteiger partial charge in [-0.05, 0) is 25.0 Å². The number of thioether (sulfide) groups is 1. The van der Waals surface area contributed by atoms with Crippen LogP contribution in [0.2, 0.25) is 0 Å². The van der Waals surface area contributed by atoms with Crippen LogP contribution in [0.25, 0.3) is 0 Å². The summed E-state index contributed by atoms with van der Waals surface area (Å²) in [7, 11) is 1.62. The smallest absolute Gasteiger partial charge is 0.232 e. The first kappa shape index (κ1) is 18.5. The monoisotopic (exact) mass is 398 g/mol. The molecule has 1 aliphatic heterocycles. The van der Waals surface area contributed by atoms with Gasteiger partial charge in [-0.3, -0.25) is 0 Å². The van der Waals surface area contributed by atoms with E-state index >= 15 is 0 Å². The van der Waals surface area contributed by atoms with Gasteiger partial charge >= 0.3 is 0 Å². The molecule has 10 heteroatoms. The van der Waals surface area contributed by atoms with Crippen molar-refractivity contribution in [2.24, 2.45) is 0 Å². The molecule has 0 fully saturated rings. The summed E-state index contributed by atoms with van der Waals surface area (Å²) in [6.07, 6.45) is 4.55. The van der Waals surface area contributed by atoms with Crippen molar-refractivity contribution < 1.29 is 4.74 Å². The Hall–Kier alpha value is -2.88. The van der Waals surface area contributed by atoms with Gasteiger partial charge < -0.3 is 20.4 Å². The minimum Gasteiger partial charge on any atom is -0.495 e. The van der Waals surface area contributed by atoms with Gasteiger partial charge in [-0.2, -0.15) is 15.0 Å². The van der Waals surface area contributed by atoms with Crippen LogP contribution in [-0.2, 0) is 18.7 Å². The molecule has 4 rings (SSSR count). The molecule has 0 bridgehead atoms. The van der Waals surface area contributed by atoms with E-state index in [9.17, 15) is 0 Å². The van der Waals surface area contributed by atoms with Gasteiger partial charge in [-0.1, -0.05) is 30.3 Å². The maximum Gasteiger partial charge on any atom is 0.232 e. The standard InChI is InChI=1S/C18H22N8OS/c1-27-13-8-5-4-7-12(13)20-17-22-14(21-16(19)23-17)11-28-18-25-24-15-9-3-2-6-10-26(15)18/h4-5,7-8H,2-3,6,9-11H2,1H3,(H3,19,20,21,22,23). The number of para-hydroxylation sites is 2. The maximum atomic E-state index is 5.89. The molecular weight excluding hydrogens is 376 g/mol. The molecule has 1 aromatic carbocycles. The molecule has 1 aliphatic rings. The second-order valence-corrected chi connectivity index (χ2v) is 7.35. The average Bonchev–Trinajstić information content (AvgIpc) is 2.92. The molecule has 146 valence electrons. The van der Waals surface area contributed by atoms with Crippen LogP contribution in [0.1, 0.15) is 30.9 Å². The fraction of sp³-hybridized carbons (Fsp3) is 0.389. The molecule has 0 atom stereocenters. The molecular formula is C18H22N8OS. The average molecular weight is 398 g/mol. The number of hydrogen-bond acceptors (Lipinski definition) is 9. The molecule has 0 unspecified atom stereocenters. The molecule has 28 heavy (non-hydrogen) atoms. The number of nitrogen functional groups attached to an aromatic ring is 1. The number of nitrogens with zero attached hydrogens (tertiary/aromatic N) is 6. The molecule has 0 amide bonds. The van der Waals surface area contributed by atoms with Crippen molar-refractivity contribution >= 4 is 29.3 Å². The van der Waals surface area contributed by atoms with Gasteiger partial charge in [0.15, 0.2) is 5.16 Å². The first-order valence-corrected chi connectivity index (χ1v) is 10.2. The van der Waals surface area contributed by atoms with E-state index in [1.807, 2.05) is 24.3 Å². The normalized spacial score (nSPS) is 13.6. The third kappa shape index (κ3) is 4.16. The van der Waals surface area contributed by atoms with E-state index in [4.69, 9.17) is 10.5 Å². The van der Waals surface area contributed by atoms with E-state index in [1.165, 1.54) is 12.8 Å². The van der Waals surface area contributed by atoms with Crippen LogP contribution in [0.15, 0.2) is 29.4 Å². The van der Waals surface area contributed by atoms with Gasteiger partial charge in [0.1, 0.15) is 17.4 Å². The third-order valence-corrected chi connectivity index (χ3v) is 5.42. The fourth-order valence-electron chi connectivity index (χ4n) is 3.12. The van der Waals surface area contributed by atoms with Crippen LogP contribution in [0, 0.1) is 0 Å². The topological polar surface area (TPSA) is 117 Å². The number of benzene rings is 1. The highest BCUT2D eigenvalue weighted by Crippen LogP contribution is 2.27. The Morgan fingerprint density at radius 1 is 1.14 bits per heavy atom. The Morgan fingerprint density at radius 3 is 2.93 bits per heavy atom. The summed E-state index contributed by atoms with van der Waals surface area (Å²) in [5.41, 5.74) is 6.65. The van der Waals surface area contributed by atoms with Gasteiger partial charge in [-0.25, -0.2) is 0 Å². The molecule has 2 aromatic heterocycles. The lowest BCUT2D eigenvalue weighted by Gasteiger charge is -2.10. The van der Waals surface area contributed by atoms with E-state index in [0.29, 0.717) is 23.3 Å². The lowest BCUT2D eigenvalue weighted by atomic mass is 10.2. The van der Waals surface area contributed by atoms with E-state index in [-0.39, 0.29) is 5.95 Å². The van der Waals surface area contributed by atoms with Crippen molar-refractivity contribution in [1.29, 1.82) is 0 Å². The number of nitrogens with one attached hydrogen (secondary N) is 1. The summed E-state index contributed by atoms with van der Waals surface area (Å²) in [5, 5.41) is 12.7. The zero-order chi connectivity index (χ0) is 19.3. The zero-order valence-corrected chi connectivity index (χ0v) is 16.4. The highest BCUT2D eigenvalue weighted by atomic mass is 32.2. The first-order chi connectivity index (χ1) is 13.7. The number of hydrogen-bond donors (Lipinski definition) is 2. The van der Waals surface area contributed by atoms with Crippen molar-refractivity contribution in [2.45, 2.75) is 43.1 Å². The minimum atomic E-state index is 0.170. The SMILES string of the molecule is COc1ccccc1Nc1nc(N)nc(CSc2nnc3n2CCCCC3)n1. The number of fused-ring (bicyclic) bond motifs is 1. The maximum absolute atomic E-state index is 5.89. The van der Waals surface area contributed by atoms with Crippen LogP contribution >= 0.6 is 11.8 Å². The lowest BCUT2D eigenvalue weighted by Crippen LogP contribution is -2.07. The van der Waals surface area contributed by atoms with Crippen molar-refractivity contribution in [3.63, 3.8) is 0 Å². The summed E-state index contributed by atoms with van der Waals surface area (Å²) >= 11 is 1.56. The zero-order valence-electron chi connectivity index (χ0n) is 15.6. The second-order valence-electron chi connectivity index (χ2n) is 6.41. The Bertz CT molecular complexity index is 961. The van der Waals surface area contributed by atoms with Crippen molar-refractivity contribution in [2.75, 3.05) is 18.2 Å². The van der Waals surface area contributed by atoms with Crippen LogP contribution in [-0.4, -0.2) is 36.8 Å². The van der Waals surface area contributed by atoms with Gasteiger partial charge in [0.25, 0.3) is 0 Å². The van der Waals surface area contributed by atoms with Crippen LogP contribution < -0.4 is 15.8 Å². The number of rotatable bonds is 6. The van der Waals surface area contributed by atoms with E-state index in [2.05, 4.69) is 35.0 Å². The molecule has 0 saturated heterocycles. The number of anilines is 3. The van der Waals surface area contributed by atoms with Crippen molar-refractivity contribution in [3.05, 3.63) is 35.9 Å². The minimum absolute atomic E-state index is 0.170. The Kier molecular flexibility index (Phi) is 5.56. The molecule has 3 aromatic rings. The molecule has 0 saturated carbocycles. The predicted molar refractivity (Wildman–Crippen MR) is 108 cm³/mol. The predicted octanol–water partition coefficient (Wildman–Crippen LogP) is 2.82. The Balaban J connectivity index is 1.49. The molecule has 0 aliphatic carbocycles. The van der Waals surface area contributed by atoms with Crippen molar-refractivity contribution in [1.82, 2.24) is 29.7 Å². The molecule has 3 N–H and O–H groups in total. The van der Waals surface area contributed by atoms with Crippen molar-refractivity contribution in [3.8, 4) is 5.75 Å². The summed E-state index contributed by atoms with van der Waals surface area (Å²) in [4.78, 5) is 12.9. The lowest BCUT2D eigenvalue weighted by molar-refractivity contribution is 0.417. The number of aryl methyl sites for hydroxylation is 1. The highest BCUT2D eigenvalue weighted by Gasteiger charge is 2.16. The van der Waals surface area contributed by atoms with Gasteiger partial charge in [0, 0.05) is 13.0 Å². The first-order valence-electron chi connectivity index (χ1n) is 9.18. The largest absolute Gasteiger partial charge is 0.495 e. The third-order valence-electron chi connectivity index (χ3n) is 4.46. The highest BCUT2D eigenvalue weighted by molar-refractivity contribution is 7.98. The Labute approximate surface area is 167 Å². The number of methoxy groups -OCH3 is 1. The van der Waals surface area contributed by atoms with Gasteiger partial charge in [-0.15, -0.1) is 10.2 Å². The van der Waals surface area contributed by atoms with Gasteiger partial charge in [0.05, 0.1) is 18.6 Å². The van der Waals surface area contributed by atoms with Gasteiger partial charge in [0.2, 0.25) is 11.9 Å². The van der Waals surface area contributed by atoms with Crippen LogP contribution in [0.5, 0.6) is 5.75 Å². The van der Waals surface area contributed by atoms with E-state index in [0.717, 1.165) is 36.1 Å². The summed E-state index contributed by atoms with van der Waals surface area (Å²) in [5.74, 6) is 3.43. The molecule has 3 heterocycles. The number of aromatic nitrogens is 6. The summed E-state index contributed by atoms with van der Waals surface area (Å²) < 4.78 is 7.56. The summed E-state index contributed by atoms with van der Waals surface area (Å²) in [6.45, 7) is 0.963. The summed E-state index contributed by atoms with van der Waals surface area (Å²) in [6, 6.07) is 7.55. The Morgan fingerprint density at radius 2 is 2.04 bits per heavy atom. The van der Waals surface area contributed by atoms with E-state index in [1.54, 1.807) is 18.9 Å². The molecule has 0 spiro atoms. The van der Waals surface area contributed by atoms with Crippen LogP contribution in [0.4, 0.5) is 17.6 Å². The molecule has 9 nitrogen and oxygen atoms in total. The quantitative estimate of drug-likeness (QED) is 0.604. The van der Waals surface area contributed by atoms with E-state index < -0.39 is 0 Å². The second kappa shape index (κ2) is 8.42. The van der Waals surface area contributed by atoms with Crippen LogP contribution in [0.3, 0.4) is 0 Å². The molecule has 0 radical (unpaired) electrons. The number of ether oxygens (including phenoxy) is 1. The fourth-order valence-corrected chi connectivity index (χ4v) is 3.96. The number of nitrogens with two attached hydrogens (primary N) is 1.